The maximum absolute atomic E-state index is 12.8. The molecule has 0 aliphatic carbocycles. The van der Waals surface area contributed by atoms with Crippen LogP contribution in [0, 0.1) is 0 Å². The van der Waals surface area contributed by atoms with Crippen LogP contribution in [0.4, 0.5) is 0 Å². The van der Waals surface area contributed by atoms with Crippen molar-refractivity contribution in [3.63, 3.8) is 0 Å². The molecule has 3 atom stereocenters. The summed E-state index contributed by atoms with van der Waals surface area (Å²) in [5, 5.41) is 9.58. The van der Waals surface area contributed by atoms with Crippen LogP contribution in [0.3, 0.4) is 0 Å². The number of nitrogens with zero attached hydrogens (tertiary/aromatic N) is 1. The van der Waals surface area contributed by atoms with Gasteiger partial charge in [-0.05, 0) is 52.1 Å². The van der Waals surface area contributed by atoms with E-state index in [0.29, 0.717) is 19.6 Å². The molecule has 3 saturated heterocycles. The first-order valence-electron chi connectivity index (χ1n) is 16.6. The zero-order valence-electron chi connectivity index (χ0n) is 26.9. The molecule has 3 fully saturated rings. The zero-order valence-corrected chi connectivity index (χ0v) is 27.7. The lowest BCUT2D eigenvalue weighted by Gasteiger charge is -2.41. The molecule has 4 aromatic carbocycles. The summed E-state index contributed by atoms with van der Waals surface area (Å²) in [6.45, 7) is 4.05. The summed E-state index contributed by atoms with van der Waals surface area (Å²) in [7, 11) is -3.62. The minimum atomic E-state index is -3.62. The summed E-state index contributed by atoms with van der Waals surface area (Å²) in [6, 6.07) is 32.4. The second-order valence-corrected chi connectivity index (χ2v) is 14.5. The van der Waals surface area contributed by atoms with Crippen LogP contribution in [0.2, 0.25) is 0 Å². The lowest BCUT2D eigenvalue weighted by Crippen LogP contribution is -2.48. The Morgan fingerprint density at radius 3 is 2.21 bits per heavy atom. The standard InChI is InChI=1S/C38H42N2O7S/c41-27-28-12-14-30(15-13-28)36-24-34(26-40-18-16-38(17-19-40)44-20-21-45-38)46-37(47-36)33-9-5-8-32(23-33)31-7-4-6-29(22-31)25-39-48(42,43)35-10-2-1-3-11-35/h1-15,22-23,34,36-37,39,41H,16-21,24-27H2/t34-,36+,37+/m1/s1. The number of hydrogen-bond acceptors (Lipinski definition) is 8. The van der Waals surface area contributed by atoms with Crippen LogP contribution in [0.25, 0.3) is 11.1 Å². The monoisotopic (exact) mass is 670 g/mol. The Bertz CT molecular complexity index is 1770. The van der Waals surface area contributed by atoms with Gasteiger partial charge in [-0.25, -0.2) is 13.1 Å². The summed E-state index contributed by atoms with van der Waals surface area (Å²) in [4.78, 5) is 2.67. The van der Waals surface area contributed by atoms with Gasteiger partial charge in [-0.3, -0.25) is 0 Å². The predicted octanol–water partition coefficient (Wildman–Crippen LogP) is 5.71. The minimum absolute atomic E-state index is 0.00304. The summed E-state index contributed by atoms with van der Waals surface area (Å²) in [5.41, 5.74) is 5.63. The van der Waals surface area contributed by atoms with Gasteiger partial charge in [0.05, 0.1) is 36.9 Å². The molecular weight excluding hydrogens is 628 g/mol. The zero-order chi connectivity index (χ0) is 33.0. The fourth-order valence-electron chi connectivity index (χ4n) is 6.77. The number of nitrogens with one attached hydrogen (secondary N) is 1. The average molecular weight is 671 g/mol. The number of aliphatic hydroxyl groups is 1. The number of benzene rings is 4. The summed E-state index contributed by atoms with van der Waals surface area (Å²) >= 11 is 0. The van der Waals surface area contributed by atoms with E-state index in [1.54, 1.807) is 30.3 Å². The SMILES string of the molecule is O=S(=O)(NCc1cccc(-c2cccc([C@H]3O[C@@H](CN4CCC5(CC4)OCCO5)C[C@@H](c4ccc(CO)cc4)O3)c2)c1)c1ccccc1. The smallest absolute Gasteiger partial charge is 0.240 e. The molecular formula is C38H42N2O7S. The summed E-state index contributed by atoms with van der Waals surface area (Å²) < 4.78 is 53.5. The quantitative estimate of drug-likeness (QED) is 0.221. The Morgan fingerprint density at radius 2 is 1.48 bits per heavy atom. The molecule has 10 heteroatoms. The molecule has 3 aliphatic rings. The number of likely N-dealkylation sites (tertiary alicyclic amines) is 1. The van der Waals surface area contributed by atoms with Crippen LogP contribution < -0.4 is 4.72 Å². The van der Waals surface area contributed by atoms with Crippen LogP contribution in [0.5, 0.6) is 0 Å². The van der Waals surface area contributed by atoms with Gasteiger partial charge in [0.15, 0.2) is 12.1 Å². The molecule has 3 aliphatic heterocycles. The fraction of sp³-hybridized carbons (Fsp3) is 0.368. The maximum Gasteiger partial charge on any atom is 0.240 e. The number of piperidine rings is 1. The maximum atomic E-state index is 12.8. The van der Waals surface area contributed by atoms with E-state index >= 15 is 0 Å². The van der Waals surface area contributed by atoms with E-state index in [4.69, 9.17) is 18.9 Å². The molecule has 2 N–H and O–H groups in total. The average Bonchev–Trinajstić information content (AvgIpc) is 3.60. The van der Waals surface area contributed by atoms with Crippen molar-refractivity contribution in [1.82, 2.24) is 9.62 Å². The van der Waals surface area contributed by atoms with Gasteiger partial charge >= 0.3 is 0 Å². The van der Waals surface area contributed by atoms with Gasteiger partial charge in [-0.15, -0.1) is 0 Å². The van der Waals surface area contributed by atoms with Crippen molar-refractivity contribution >= 4 is 10.0 Å². The molecule has 0 amide bonds. The molecule has 48 heavy (non-hydrogen) atoms. The lowest BCUT2D eigenvalue weighted by molar-refractivity contribution is -0.255. The second kappa shape index (κ2) is 14.6. The highest BCUT2D eigenvalue weighted by Crippen LogP contribution is 2.40. The van der Waals surface area contributed by atoms with E-state index in [0.717, 1.165) is 65.9 Å². The fourth-order valence-corrected chi connectivity index (χ4v) is 7.81. The Morgan fingerprint density at radius 1 is 0.771 bits per heavy atom. The normalized spacial score (nSPS) is 23.0. The third-order valence-electron chi connectivity index (χ3n) is 9.45. The Labute approximate surface area is 282 Å². The van der Waals surface area contributed by atoms with Crippen LogP contribution in [-0.2, 0) is 42.1 Å². The van der Waals surface area contributed by atoms with Crippen LogP contribution in [-0.4, -0.2) is 63.2 Å². The molecule has 4 aromatic rings. The molecule has 252 valence electrons. The van der Waals surface area contributed by atoms with Gasteiger partial charge in [0, 0.05) is 51.0 Å². The summed E-state index contributed by atoms with van der Waals surface area (Å²) in [5.74, 6) is -0.420. The topological polar surface area (TPSA) is 107 Å². The van der Waals surface area contributed by atoms with E-state index < -0.39 is 22.1 Å². The van der Waals surface area contributed by atoms with Crippen LogP contribution in [0.15, 0.2) is 108 Å². The van der Waals surface area contributed by atoms with E-state index in [9.17, 15) is 13.5 Å². The molecule has 7 rings (SSSR count). The molecule has 0 radical (unpaired) electrons. The van der Waals surface area contributed by atoms with Crippen molar-refractivity contribution in [2.75, 3.05) is 32.8 Å². The van der Waals surface area contributed by atoms with Crippen molar-refractivity contribution < 1.29 is 32.5 Å². The van der Waals surface area contributed by atoms with Gasteiger partial charge in [-0.1, -0.05) is 78.9 Å². The summed E-state index contributed by atoms with van der Waals surface area (Å²) in [6.07, 6.45) is 1.59. The second-order valence-electron chi connectivity index (χ2n) is 12.7. The first kappa shape index (κ1) is 33.1. The van der Waals surface area contributed by atoms with Gasteiger partial charge in [0.1, 0.15) is 0 Å². The van der Waals surface area contributed by atoms with Crippen molar-refractivity contribution in [1.29, 1.82) is 0 Å². The first-order valence-corrected chi connectivity index (χ1v) is 18.1. The molecule has 0 unspecified atom stereocenters. The molecule has 0 aromatic heterocycles. The highest BCUT2D eigenvalue weighted by Gasteiger charge is 2.41. The van der Waals surface area contributed by atoms with Gasteiger partial charge < -0.3 is 29.0 Å². The number of aliphatic hydroxyl groups excluding tert-OH is 1. The molecule has 1 spiro atoms. The van der Waals surface area contributed by atoms with Crippen molar-refractivity contribution in [2.45, 2.75) is 61.6 Å². The first-order chi connectivity index (χ1) is 23.4. The van der Waals surface area contributed by atoms with Gasteiger partial charge in [-0.2, -0.15) is 0 Å². The highest BCUT2D eigenvalue weighted by molar-refractivity contribution is 7.89. The van der Waals surface area contributed by atoms with Crippen molar-refractivity contribution in [3.8, 4) is 11.1 Å². The number of ether oxygens (including phenoxy) is 4. The van der Waals surface area contributed by atoms with Crippen molar-refractivity contribution in [2.24, 2.45) is 0 Å². The van der Waals surface area contributed by atoms with E-state index in [1.165, 1.54) is 0 Å². The molecule has 0 bridgehead atoms. The molecule has 9 nitrogen and oxygen atoms in total. The van der Waals surface area contributed by atoms with Gasteiger partial charge in [0.25, 0.3) is 0 Å². The van der Waals surface area contributed by atoms with E-state index in [-0.39, 0.29) is 30.3 Å². The number of sulfonamides is 1. The van der Waals surface area contributed by atoms with Crippen molar-refractivity contribution in [3.05, 3.63) is 125 Å². The Balaban J connectivity index is 1.08. The third kappa shape index (κ3) is 7.72. The van der Waals surface area contributed by atoms with Crippen LogP contribution >= 0.6 is 0 Å². The number of hydrogen-bond donors (Lipinski definition) is 2. The largest absolute Gasteiger partial charge is 0.392 e. The van der Waals surface area contributed by atoms with E-state index in [1.807, 2.05) is 66.7 Å². The molecule has 0 saturated carbocycles. The Kier molecular flexibility index (Phi) is 10.0. The predicted molar refractivity (Wildman–Crippen MR) is 181 cm³/mol. The van der Waals surface area contributed by atoms with E-state index in [2.05, 4.69) is 15.7 Å². The third-order valence-corrected chi connectivity index (χ3v) is 10.9. The lowest BCUT2D eigenvalue weighted by atomic mass is 9.97. The van der Waals surface area contributed by atoms with Gasteiger partial charge in [0.2, 0.25) is 10.0 Å². The molecule has 3 heterocycles. The Hall–Kier alpha value is -3.45. The minimum Gasteiger partial charge on any atom is -0.392 e. The number of rotatable bonds is 10. The van der Waals surface area contributed by atoms with Crippen LogP contribution in [0.1, 0.15) is 53.9 Å². The highest BCUT2D eigenvalue weighted by atomic mass is 32.2.